The molecule has 2 aliphatic rings. The van der Waals surface area contributed by atoms with E-state index >= 15 is 0 Å². The highest BCUT2D eigenvalue weighted by atomic mass is 32.2. The van der Waals surface area contributed by atoms with Gasteiger partial charge < -0.3 is 10.2 Å². The van der Waals surface area contributed by atoms with Crippen molar-refractivity contribution in [2.24, 2.45) is 5.92 Å². The van der Waals surface area contributed by atoms with E-state index in [0.29, 0.717) is 5.69 Å². The number of nitrogens with one attached hydrogen (secondary N) is 1. The minimum absolute atomic E-state index is 0.00301. The first kappa shape index (κ1) is 21.4. The summed E-state index contributed by atoms with van der Waals surface area (Å²) in [7, 11) is -4.08. The van der Waals surface area contributed by atoms with Crippen molar-refractivity contribution in [2.75, 3.05) is 23.3 Å². The third-order valence-electron chi connectivity index (χ3n) is 6.05. The standard InChI is InChI=1S/C23H27N3O4S/c1-17-13-15-25(16-14-17)19-9-7-18(8-10-19)24-23(28)21-11-12-22(27)26(21)31(29,30)20-5-3-2-4-6-20/h2-10,17,21H,11-16H2,1H3,(H,24,28)/t21-/m0/s1. The maximum Gasteiger partial charge on any atom is 0.267 e. The van der Waals surface area contributed by atoms with Crippen LogP contribution in [0.15, 0.2) is 59.5 Å². The van der Waals surface area contributed by atoms with Gasteiger partial charge in [0.1, 0.15) is 6.04 Å². The van der Waals surface area contributed by atoms with Crippen molar-refractivity contribution in [3.63, 3.8) is 0 Å². The van der Waals surface area contributed by atoms with E-state index in [4.69, 9.17) is 0 Å². The Balaban J connectivity index is 1.47. The van der Waals surface area contributed by atoms with Gasteiger partial charge in [0, 0.05) is 30.9 Å². The Morgan fingerprint density at radius 2 is 1.61 bits per heavy atom. The molecule has 0 aromatic heterocycles. The number of hydrogen-bond acceptors (Lipinski definition) is 5. The SMILES string of the molecule is CC1CCN(c2ccc(NC(=O)[C@@H]3CCC(=O)N3S(=O)(=O)c3ccccc3)cc2)CC1. The molecule has 2 aliphatic heterocycles. The second kappa shape index (κ2) is 8.70. The molecule has 8 heteroatoms. The van der Waals surface area contributed by atoms with E-state index in [1.54, 1.807) is 18.2 Å². The predicted octanol–water partition coefficient (Wildman–Crippen LogP) is 3.24. The molecular formula is C23H27N3O4S. The van der Waals surface area contributed by atoms with Crippen LogP contribution < -0.4 is 10.2 Å². The Bertz CT molecular complexity index is 1050. The molecule has 0 unspecified atom stereocenters. The molecule has 0 bridgehead atoms. The summed E-state index contributed by atoms with van der Waals surface area (Å²) in [4.78, 5) is 27.6. The van der Waals surface area contributed by atoms with E-state index in [2.05, 4.69) is 17.1 Å². The normalized spacial score (nSPS) is 20.2. The summed E-state index contributed by atoms with van der Waals surface area (Å²) in [6.07, 6.45) is 2.52. The lowest BCUT2D eigenvalue weighted by Gasteiger charge is -2.32. The van der Waals surface area contributed by atoms with E-state index in [9.17, 15) is 18.0 Å². The van der Waals surface area contributed by atoms with Crippen LogP contribution >= 0.6 is 0 Å². The van der Waals surface area contributed by atoms with Crippen molar-refractivity contribution in [1.29, 1.82) is 0 Å². The molecule has 2 fully saturated rings. The van der Waals surface area contributed by atoms with Crippen LogP contribution in [0.3, 0.4) is 0 Å². The van der Waals surface area contributed by atoms with Crippen LogP contribution in [0, 0.1) is 5.92 Å². The van der Waals surface area contributed by atoms with Gasteiger partial charge in [0.15, 0.2) is 0 Å². The zero-order valence-corrected chi connectivity index (χ0v) is 18.3. The van der Waals surface area contributed by atoms with Gasteiger partial charge in [-0.25, -0.2) is 12.7 Å². The Morgan fingerprint density at radius 1 is 0.968 bits per heavy atom. The van der Waals surface area contributed by atoms with Crippen molar-refractivity contribution in [3.8, 4) is 0 Å². The number of sulfonamides is 1. The molecule has 1 N–H and O–H groups in total. The molecule has 2 heterocycles. The van der Waals surface area contributed by atoms with Crippen molar-refractivity contribution in [2.45, 2.75) is 43.5 Å². The molecule has 0 aliphatic carbocycles. The van der Waals surface area contributed by atoms with Gasteiger partial charge in [-0.05, 0) is 61.6 Å². The number of hydrogen-bond donors (Lipinski definition) is 1. The molecule has 1 atom stereocenters. The molecule has 2 aromatic carbocycles. The van der Waals surface area contributed by atoms with Crippen LogP contribution in [0.4, 0.5) is 11.4 Å². The van der Waals surface area contributed by atoms with Gasteiger partial charge in [-0.3, -0.25) is 9.59 Å². The second-order valence-electron chi connectivity index (χ2n) is 8.27. The van der Waals surface area contributed by atoms with Crippen LogP contribution in [0.5, 0.6) is 0 Å². The lowest BCUT2D eigenvalue weighted by molar-refractivity contribution is -0.128. The minimum atomic E-state index is -4.08. The Hall–Kier alpha value is -2.87. The number of rotatable bonds is 5. The summed E-state index contributed by atoms with van der Waals surface area (Å²) >= 11 is 0. The number of carbonyl (C=O) groups excluding carboxylic acids is 2. The number of nitrogens with zero attached hydrogens (tertiary/aromatic N) is 2. The fourth-order valence-electron chi connectivity index (χ4n) is 4.15. The second-order valence-corrected chi connectivity index (χ2v) is 10.1. The highest BCUT2D eigenvalue weighted by molar-refractivity contribution is 7.89. The molecule has 2 saturated heterocycles. The number of carbonyl (C=O) groups is 2. The largest absolute Gasteiger partial charge is 0.372 e. The van der Waals surface area contributed by atoms with Gasteiger partial charge in [-0.2, -0.15) is 0 Å². The molecule has 31 heavy (non-hydrogen) atoms. The highest BCUT2D eigenvalue weighted by Gasteiger charge is 2.44. The van der Waals surface area contributed by atoms with Gasteiger partial charge in [-0.1, -0.05) is 25.1 Å². The Labute approximate surface area is 183 Å². The van der Waals surface area contributed by atoms with Crippen LogP contribution in [0.25, 0.3) is 0 Å². The smallest absolute Gasteiger partial charge is 0.267 e. The molecule has 2 aromatic rings. The molecular weight excluding hydrogens is 414 g/mol. The molecule has 7 nitrogen and oxygen atoms in total. The van der Waals surface area contributed by atoms with Crippen molar-refractivity contribution in [3.05, 3.63) is 54.6 Å². The molecule has 0 radical (unpaired) electrons. The summed E-state index contributed by atoms with van der Waals surface area (Å²) < 4.78 is 26.7. The van der Waals surface area contributed by atoms with Crippen LogP contribution in [-0.2, 0) is 19.6 Å². The van der Waals surface area contributed by atoms with Crippen molar-refractivity contribution < 1.29 is 18.0 Å². The number of benzene rings is 2. The zero-order valence-electron chi connectivity index (χ0n) is 17.5. The lowest BCUT2D eigenvalue weighted by atomic mass is 9.99. The van der Waals surface area contributed by atoms with E-state index in [1.165, 1.54) is 25.0 Å². The topological polar surface area (TPSA) is 86.8 Å². The summed E-state index contributed by atoms with van der Waals surface area (Å²) in [6, 6.07) is 14.2. The van der Waals surface area contributed by atoms with Gasteiger partial charge in [0.2, 0.25) is 11.8 Å². The van der Waals surface area contributed by atoms with E-state index < -0.39 is 27.9 Å². The average Bonchev–Trinajstić information content (AvgIpc) is 3.18. The number of anilines is 2. The fourth-order valence-corrected chi connectivity index (χ4v) is 5.78. The highest BCUT2D eigenvalue weighted by Crippen LogP contribution is 2.29. The van der Waals surface area contributed by atoms with Crippen LogP contribution in [-0.4, -0.2) is 43.7 Å². The zero-order chi connectivity index (χ0) is 22.0. The average molecular weight is 442 g/mol. The number of amides is 2. The predicted molar refractivity (Wildman–Crippen MR) is 119 cm³/mol. The third kappa shape index (κ3) is 4.44. The monoisotopic (exact) mass is 441 g/mol. The van der Waals surface area contributed by atoms with Gasteiger partial charge in [0.05, 0.1) is 4.90 Å². The molecule has 0 saturated carbocycles. The molecule has 4 rings (SSSR count). The minimum Gasteiger partial charge on any atom is -0.372 e. The van der Waals surface area contributed by atoms with Crippen LogP contribution in [0.1, 0.15) is 32.6 Å². The van der Waals surface area contributed by atoms with E-state index in [-0.39, 0.29) is 17.7 Å². The molecule has 2 amide bonds. The fraction of sp³-hybridized carbons (Fsp3) is 0.391. The number of piperidine rings is 1. The first-order valence-corrected chi connectivity index (χ1v) is 12.1. The quantitative estimate of drug-likeness (QED) is 0.770. The summed E-state index contributed by atoms with van der Waals surface area (Å²) in [5, 5.41) is 2.78. The van der Waals surface area contributed by atoms with Gasteiger partial charge in [-0.15, -0.1) is 0 Å². The molecule has 164 valence electrons. The summed E-state index contributed by atoms with van der Waals surface area (Å²) in [5.41, 5.74) is 1.68. The van der Waals surface area contributed by atoms with E-state index in [0.717, 1.165) is 29.0 Å². The Morgan fingerprint density at radius 3 is 2.26 bits per heavy atom. The Kier molecular flexibility index (Phi) is 6.00. The van der Waals surface area contributed by atoms with Crippen molar-refractivity contribution in [1.82, 2.24) is 4.31 Å². The first-order chi connectivity index (χ1) is 14.9. The summed E-state index contributed by atoms with van der Waals surface area (Å²) in [5.74, 6) is -0.303. The third-order valence-corrected chi connectivity index (χ3v) is 7.89. The van der Waals surface area contributed by atoms with Gasteiger partial charge in [0.25, 0.3) is 10.0 Å². The molecule has 0 spiro atoms. The van der Waals surface area contributed by atoms with Crippen molar-refractivity contribution >= 4 is 33.2 Å². The summed E-state index contributed by atoms with van der Waals surface area (Å²) in [6.45, 7) is 4.30. The van der Waals surface area contributed by atoms with Gasteiger partial charge >= 0.3 is 0 Å². The maximum atomic E-state index is 13.0. The van der Waals surface area contributed by atoms with Crippen LogP contribution in [0.2, 0.25) is 0 Å². The first-order valence-electron chi connectivity index (χ1n) is 10.6. The maximum absolute atomic E-state index is 13.0. The lowest BCUT2D eigenvalue weighted by Crippen LogP contribution is -2.45. The van der Waals surface area contributed by atoms with E-state index in [1.807, 2.05) is 24.3 Å².